The summed E-state index contributed by atoms with van der Waals surface area (Å²) in [6.45, 7) is 0.619. The average molecular weight is 444 g/mol. The maximum Gasteiger partial charge on any atom is 0.261 e. The predicted molar refractivity (Wildman–Crippen MR) is 123 cm³/mol. The van der Waals surface area contributed by atoms with E-state index in [1.165, 1.54) is 12.1 Å². The third-order valence-corrected chi connectivity index (χ3v) is 5.60. The van der Waals surface area contributed by atoms with Crippen LogP contribution in [0.15, 0.2) is 71.8 Å². The molecule has 0 aliphatic rings. The summed E-state index contributed by atoms with van der Waals surface area (Å²) < 4.78 is 27.5. The van der Waals surface area contributed by atoms with Crippen LogP contribution >= 0.6 is 0 Å². The molecule has 0 bridgehead atoms. The first-order valence-electron chi connectivity index (χ1n) is 10.4. The fourth-order valence-corrected chi connectivity index (χ4v) is 4.05. The van der Waals surface area contributed by atoms with Crippen molar-refractivity contribution in [2.24, 2.45) is 0 Å². The fourth-order valence-electron chi connectivity index (χ4n) is 4.05. The number of methoxy groups -OCH3 is 2. The van der Waals surface area contributed by atoms with Crippen LogP contribution in [0, 0.1) is 5.82 Å². The van der Waals surface area contributed by atoms with E-state index in [1.807, 2.05) is 30.3 Å². The highest BCUT2D eigenvalue weighted by Gasteiger charge is 2.19. The second kappa shape index (κ2) is 8.48. The Labute approximate surface area is 188 Å². The van der Waals surface area contributed by atoms with Gasteiger partial charge in [0.1, 0.15) is 11.6 Å². The molecule has 0 fully saturated rings. The minimum absolute atomic E-state index is 0.181. The lowest BCUT2D eigenvalue weighted by molar-refractivity contribution is 0.181. The summed E-state index contributed by atoms with van der Waals surface area (Å²) in [7, 11) is 3.19. The first kappa shape index (κ1) is 20.8. The highest BCUT2D eigenvalue weighted by Crippen LogP contribution is 2.30. The molecule has 0 saturated heterocycles. The Bertz CT molecular complexity index is 1520. The second-order valence-electron chi connectivity index (χ2n) is 7.61. The number of benzene rings is 2. The number of ether oxygens (including phenoxy) is 2. The molecule has 0 unspecified atom stereocenters. The first-order valence-corrected chi connectivity index (χ1v) is 10.4. The van der Waals surface area contributed by atoms with E-state index in [4.69, 9.17) is 9.47 Å². The number of hydrogen-bond acceptors (Lipinski definition) is 5. The van der Waals surface area contributed by atoms with Crippen LogP contribution in [0.3, 0.4) is 0 Å². The van der Waals surface area contributed by atoms with Crippen molar-refractivity contribution in [2.75, 3.05) is 14.2 Å². The van der Waals surface area contributed by atoms with Crippen LogP contribution in [-0.4, -0.2) is 33.4 Å². The number of rotatable bonds is 6. The van der Waals surface area contributed by atoms with E-state index >= 15 is 0 Å². The lowest BCUT2D eigenvalue weighted by Gasteiger charge is -2.11. The number of para-hydroxylation sites is 1. The molecule has 0 radical (unpaired) electrons. The van der Waals surface area contributed by atoms with Gasteiger partial charge in [0.15, 0.2) is 5.65 Å². The molecular formula is C25H21FN4O3. The molecule has 8 heteroatoms. The van der Waals surface area contributed by atoms with Gasteiger partial charge in [-0.15, -0.1) is 0 Å². The molecule has 0 amide bonds. The molecule has 5 rings (SSSR count). The molecule has 0 aliphatic heterocycles. The summed E-state index contributed by atoms with van der Waals surface area (Å²) in [5, 5.41) is 5.12. The third-order valence-electron chi connectivity index (χ3n) is 5.60. The van der Waals surface area contributed by atoms with Crippen LogP contribution in [0.2, 0.25) is 0 Å². The van der Waals surface area contributed by atoms with E-state index in [9.17, 15) is 9.18 Å². The molecule has 0 saturated carbocycles. The van der Waals surface area contributed by atoms with Crippen LogP contribution in [-0.2, 0) is 17.9 Å². The number of aromatic nitrogens is 4. The van der Waals surface area contributed by atoms with Crippen LogP contribution in [0.5, 0.6) is 5.75 Å². The van der Waals surface area contributed by atoms with Crippen molar-refractivity contribution < 1.29 is 13.9 Å². The Hall–Kier alpha value is -4.04. The fraction of sp³-hybridized carbons (Fsp3) is 0.160. The largest absolute Gasteiger partial charge is 0.496 e. The topological polar surface area (TPSA) is 70.7 Å². The molecule has 0 aliphatic carbocycles. The molecule has 0 spiro atoms. The highest BCUT2D eigenvalue weighted by atomic mass is 19.1. The van der Waals surface area contributed by atoms with E-state index in [1.54, 1.807) is 47.8 Å². The van der Waals surface area contributed by atoms with E-state index in [0.29, 0.717) is 28.8 Å². The quantitative estimate of drug-likeness (QED) is 0.395. The second-order valence-corrected chi connectivity index (χ2v) is 7.61. The van der Waals surface area contributed by atoms with Crippen molar-refractivity contribution in [1.82, 2.24) is 19.2 Å². The van der Waals surface area contributed by atoms with Crippen molar-refractivity contribution in [2.45, 2.75) is 13.2 Å². The third kappa shape index (κ3) is 3.64. The van der Waals surface area contributed by atoms with Gasteiger partial charge in [0.25, 0.3) is 5.56 Å². The molecule has 7 nitrogen and oxygen atoms in total. The minimum Gasteiger partial charge on any atom is -0.496 e. The summed E-state index contributed by atoms with van der Waals surface area (Å²) in [6.07, 6.45) is 3.31. The number of pyridine rings is 1. The molecule has 2 aromatic carbocycles. The smallest absolute Gasteiger partial charge is 0.261 e. The van der Waals surface area contributed by atoms with Gasteiger partial charge in [-0.3, -0.25) is 4.79 Å². The van der Waals surface area contributed by atoms with Gasteiger partial charge in [-0.1, -0.05) is 30.3 Å². The molecule has 0 atom stereocenters. The standard InChI is InChI=1S/C25H21FN4O3/c1-32-15-20-23(16-7-9-18(26)10-8-16)24-27-13-19-21(30(24)28-20)11-12-29(25(19)31)14-17-5-3-4-6-22(17)33-2/h3-13H,14-15H2,1-2H3. The monoisotopic (exact) mass is 444 g/mol. The zero-order valence-corrected chi connectivity index (χ0v) is 18.2. The van der Waals surface area contributed by atoms with Crippen molar-refractivity contribution >= 4 is 16.6 Å². The Morgan fingerprint density at radius 3 is 2.58 bits per heavy atom. The van der Waals surface area contributed by atoms with Crippen LogP contribution in [0.4, 0.5) is 4.39 Å². The molecule has 3 heterocycles. The molecule has 5 aromatic rings. The zero-order valence-electron chi connectivity index (χ0n) is 18.2. The van der Waals surface area contributed by atoms with Crippen molar-refractivity contribution in [3.8, 4) is 16.9 Å². The SMILES string of the molecule is COCc1nn2c(ncc3c(=O)n(Cc4ccccc4OC)ccc32)c1-c1ccc(F)cc1. The van der Waals surface area contributed by atoms with Crippen LogP contribution in [0.1, 0.15) is 11.3 Å². The minimum atomic E-state index is -0.322. The summed E-state index contributed by atoms with van der Waals surface area (Å²) in [6, 6.07) is 15.6. The lowest BCUT2D eigenvalue weighted by atomic mass is 10.1. The normalized spacial score (nSPS) is 11.4. The van der Waals surface area contributed by atoms with Gasteiger partial charge >= 0.3 is 0 Å². The van der Waals surface area contributed by atoms with E-state index in [0.717, 1.165) is 22.4 Å². The number of halogens is 1. The maximum atomic E-state index is 13.5. The Morgan fingerprint density at radius 1 is 1.03 bits per heavy atom. The average Bonchev–Trinajstić information content (AvgIpc) is 3.20. The predicted octanol–water partition coefficient (Wildman–Crippen LogP) is 4.05. The van der Waals surface area contributed by atoms with E-state index in [2.05, 4.69) is 10.1 Å². The summed E-state index contributed by atoms with van der Waals surface area (Å²) in [5.41, 5.74) is 4.10. The van der Waals surface area contributed by atoms with Crippen LogP contribution in [0.25, 0.3) is 27.7 Å². The first-order chi connectivity index (χ1) is 16.1. The maximum absolute atomic E-state index is 13.5. The molecular weight excluding hydrogens is 423 g/mol. The van der Waals surface area contributed by atoms with Gasteiger partial charge in [0.05, 0.1) is 42.4 Å². The summed E-state index contributed by atoms with van der Waals surface area (Å²) >= 11 is 0. The molecule has 3 aromatic heterocycles. The lowest BCUT2D eigenvalue weighted by Crippen LogP contribution is -2.21. The van der Waals surface area contributed by atoms with Gasteiger partial charge in [0, 0.05) is 25.1 Å². The Balaban J connectivity index is 1.67. The van der Waals surface area contributed by atoms with E-state index in [-0.39, 0.29) is 18.0 Å². The highest BCUT2D eigenvalue weighted by molar-refractivity contribution is 5.86. The van der Waals surface area contributed by atoms with Crippen LogP contribution < -0.4 is 10.3 Å². The number of hydrogen-bond donors (Lipinski definition) is 0. The molecule has 0 N–H and O–H groups in total. The number of nitrogens with zero attached hydrogens (tertiary/aromatic N) is 4. The van der Waals surface area contributed by atoms with Gasteiger partial charge in [-0.25, -0.2) is 13.9 Å². The molecule has 33 heavy (non-hydrogen) atoms. The van der Waals surface area contributed by atoms with Gasteiger partial charge < -0.3 is 14.0 Å². The zero-order chi connectivity index (χ0) is 22.9. The number of fused-ring (bicyclic) bond motifs is 3. The van der Waals surface area contributed by atoms with Crippen molar-refractivity contribution in [3.63, 3.8) is 0 Å². The van der Waals surface area contributed by atoms with Gasteiger partial charge in [-0.2, -0.15) is 5.10 Å². The Morgan fingerprint density at radius 2 is 1.82 bits per heavy atom. The van der Waals surface area contributed by atoms with E-state index < -0.39 is 0 Å². The summed E-state index contributed by atoms with van der Waals surface area (Å²) in [5.74, 6) is 0.399. The van der Waals surface area contributed by atoms with Crippen molar-refractivity contribution in [3.05, 3.63) is 94.4 Å². The molecule has 166 valence electrons. The van der Waals surface area contributed by atoms with Crippen molar-refractivity contribution in [1.29, 1.82) is 0 Å². The Kier molecular flexibility index (Phi) is 5.35. The van der Waals surface area contributed by atoms with Gasteiger partial charge in [0.2, 0.25) is 0 Å². The van der Waals surface area contributed by atoms with Gasteiger partial charge in [-0.05, 0) is 29.8 Å². The summed E-state index contributed by atoms with van der Waals surface area (Å²) in [4.78, 5) is 17.8.